The van der Waals surface area contributed by atoms with Crippen LogP contribution in [0.5, 0.6) is 0 Å². The summed E-state index contributed by atoms with van der Waals surface area (Å²) in [5.41, 5.74) is 2.30. The molecule has 3 rings (SSSR count). The molecule has 1 saturated heterocycles. The van der Waals surface area contributed by atoms with E-state index in [0.29, 0.717) is 17.5 Å². The summed E-state index contributed by atoms with van der Waals surface area (Å²) in [5, 5.41) is 13.6. The molecule has 0 aromatic carbocycles. The minimum absolute atomic E-state index is 0.0604. The van der Waals surface area contributed by atoms with Gasteiger partial charge in [0.2, 0.25) is 5.71 Å². The summed E-state index contributed by atoms with van der Waals surface area (Å²) in [6, 6.07) is 2.26. The first kappa shape index (κ1) is 19.3. The van der Waals surface area contributed by atoms with Gasteiger partial charge in [-0.1, -0.05) is 41.0 Å². The Kier molecular flexibility index (Phi) is 5.68. The summed E-state index contributed by atoms with van der Waals surface area (Å²) >= 11 is 0. The second-order valence-electron chi connectivity index (χ2n) is 9.17. The van der Waals surface area contributed by atoms with Crippen LogP contribution in [0.2, 0.25) is 0 Å². The van der Waals surface area contributed by atoms with Crippen LogP contribution in [0.25, 0.3) is 11.2 Å². The highest BCUT2D eigenvalue weighted by atomic mass is 16.3. The van der Waals surface area contributed by atoms with Gasteiger partial charge in [-0.3, -0.25) is 0 Å². The van der Waals surface area contributed by atoms with E-state index in [1.165, 1.54) is 0 Å². The molecule has 0 aliphatic carbocycles. The third-order valence-electron chi connectivity index (χ3n) is 5.38. The average molecular weight is 360 g/mol. The lowest BCUT2D eigenvalue weighted by molar-refractivity contribution is 0.178. The second-order valence-corrected chi connectivity index (χ2v) is 9.17. The number of furan rings is 1. The molecule has 2 N–H and O–H groups in total. The van der Waals surface area contributed by atoms with Crippen molar-refractivity contribution in [2.75, 3.05) is 6.61 Å². The molecule has 3 atom stereocenters. The van der Waals surface area contributed by atoms with Crippen molar-refractivity contribution in [2.45, 2.75) is 77.8 Å². The molecule has 2 aromatic rings. The molecule has 5 nitrogen and oxygen atoms in total. The largest absolute Gasteiger partial charge is 0.441 e. The quantitative estimate of drug-likeness (QED) is 0.849. The molecule has 5 heteroatoms. The van der Waals surface area contributed by atoms with Gasteiger partial charge in [-0.15, -0.1) is 0 Å². The van der Waals surface area contributed by atoms with Gasteiger partial charge in [0.05, 0.1) is 24.5 Å². The molecule has 1 aliphatic heterocycles. The standard InChI is InChI=1S/C21H33N3O2/c1-13(2)9-14-7-6-8-15(23-18(14)12-25)17-11-22-20-16(24-17)10-19(26-20)21(3,4)5/h10-11,13-15,18,23,25H,6-9,12H2,1-5H3/t14-,15-,18-/m0/s1. The van der Waals surface area contributed by atoms with Gasteiger partial charge in [0, 0.05) is 17.5 Å². The lowest BCUT2D eigenvalue weighted by Gasteiger charge is -2.27. The number of rotatable bonds is 4. The maximum absolute atomic E-state index is 9.92. The molecule has 3 heterocycles. The Morgan fingerprint density at radius 2 is 2.08 bits per heavy atom. The van der Waals surface area contributed by atoms with Gasteiger partial charge in [0.15, 0.2) is 0 Å². The zero-order valence-electron chi connectivity index (χ0n) is 16.7. The fourth-order valence-corrected chi connectivity index (χ4v) is 3.96. The van der Waals surface area contributed by atoms with Crippen molar-refractivity contribution in [3.63, 3.8) is 0 Å². The highest BCUT2D eigenvalue weighted by Crippen LogP contribution is 2.32. The monoisotopic (exact) mass is 359 g/mol. The van der Waals surface area contributed by atoms with Crippen LogP contribution in [-0.2, 0) is 5.41 Å². The van der Waals surface area contributed by atoms with Crippen molar-refractivity contribution in [2.24, 2.45) is 11.8 Å². The van der Waals surface area contributed by atoms with E-state index < -0.39 is 0 Å². The molecule has 0 saturated carbocycles. The number of hydrogen-bond acceptors (Lipinski definition) is 5. The molecule has 1 aliphatic rings. The fraction of sp³-hybridized carbons (Fsp3) is 0.714. The number of aromatic nitrogens is 2. The highest BCUT2D eigenvalue weighted by molar-refractivity contribution is 5.69. The minimum atomic E-state index is -0.0604. The van der Waals surface area contributed by atoms with Crippen molar-refractivity contribution in [3.05, 3.63) is 23.7 Å². The molecule has 0 amide bonds. The van der Waals surface area contributed by atoms with Crippen LogP contribution in [0.4, 0.5) is 0 Å². The lowest BCUT2D eigenvalue weighted by atomic mass is 9.88. The van der Waals surface area contributed by atoms with Gasteiger partial charge in [-0.25, -0.2) is 9.97 Å². The maximum Gasteiger partial charge on any atom is 0.245 e. The Bertz CT molecular complexity index is 732. The summed E-state index contributed by atoms with van der Waals surface area (Å²) in [5.74, 6) is 2.07. The van der Waals surface area contributed by atoms with Crippen molar-refractivity contribution >= 4 is 11.2 Å². The summed E-state index contributed by atoms with van der Waals surface area (Å²) in [7, 11) is 0. The Morgan fingerprint density at radius 1 is 1.31 bits per heavy atom. The molecule has 2 aromatic heterocycles. The zero-order chi connectivity index (χ0) is 18.9. The van der Waals surface area contributed by atoms with Crippen molar-refractivity contribution in [1.82, 2.24) is 15.3 Å². The Morgan fingerprint density at radius 3 is 2.73 bits per heavy atom. The number of aliphatic hydroxyl groups excluding tert-OH is 1. The molecule has 144 valence electrons. The molecule has 0 unspecified atom stereocenters. The van der Waals surface area contributed by atoms with Crippen LogP contribution >= 0.6 is 0 Å². The number of nitrogens with zero attached hydrogens (tertiary/aromatic N) is 2. The molecule has 0 spiro atoms. The number of hydrogen-bond donors (Lipinski definition) is 2. The zero-order valence-corrected chi connectivity index (χ0v) is 16.7. The fourth-order valence-electron chi connectivity index (χ4n) is 3.96. The first-order valence-electron chi connectivity index (χ1n) is 9.91. The molecule has 1 fully saturated rings. The van der Waals surface area contributed by atoms with Crippen molar-refractivity contribution in [3.8, 4) is 0 Å². The van der Waals surface area contributed by atoms with Gasteiger partial charge in [0.25, 0.3) is 0 Å². The lowest BCUT2D eigenvalue weighted by Crippen LogP contribution is -2.40. The van der Waals surface area contributed by atoms with E-state index in [-0.39, 0.29) is 24.1 Å². The minimum Gasteiger partial charge on any atom is -0.441 e. The summed E-state index contributed by atoms with van der Waals surface area (Å²) < 4.78 is 5.87. The normalized spacial score (nSPS) is 25.0. The van der Waals surface area contributed by atoms with E-state index in [1.807, 2.05) is 12.3 Å². The van der Waals surface area contributed by atoms with Crippen LogP contribution in [0.1, 0.15) is 77.8 Å². The van der Waals surface area contributed by atoms with E-state index in [4.69, 9.17) is 9.40 Å². The second kappa shape index (κ2) is 7.65. The van der Waals surface area contributed by atoms with Crippen LogP contribution in [-0.4, -0.2) is 27.7 Å². The van der Waals surface area contributed by atoms with Gasteiger partial charge in [0.1, 0.15) is 11.3 Å². The highest BCUT2D eigenvalue weighted by Gasteiger charge is 2.29. The molecule has 0 radical (unpaired) electrons. The molecule has 26 heavy (non-hydrogen) atoms. The third-order valence-corrected chi connectivity index (χ3v) is 5.38. The van der Waals surface area contributed by atoms with E-state index in [2.05, 4.69) is 44.9 Å². The predicted molar refractivity (Wildman–Crippen MR) is 104 cm³/mol. The van der Waals surface area contributed by atoms with Gasteiger partial charge < -0.3 is 14.8 Å². The van der Waals surface area contributed by atoms with Gasteiger partial charge in [-0.05, 0) is 31.1 Å². The van der Waals surface area contributed by atoms with E-state index in [9.17, 15) is 5.11 Å². The maximum atomic E-state index is 9.92. The average Bonchev–Trinajstić information content (AvgIpc) is 2.90. The topological polar surface area (TPSA) is 71.2 Å². The molecular weight excluding hydrogens is 326 g/mol. The predicted octanol–water partition coefficient (Wildman–Crippen LogP) is 4.36. The first-order chi connectivity index (χ1) is 12.3. The summed E-state index contributed by atoms with van der Waals surface area (Å²) in [6.45, 7) is 11.0. The Labute approximate surface area is 156 Å². The third kappa shape index (κ3) is 4.26. The van der Waals surface area contributed by atoms with Gasteiger partial charge in [-0.2, -0.15) is 0 Å². The van der Waals surface area contributed by atoms with Crippen LogP contribution in [0.3, 0.4) is 0 Å². The van der Waals surface area contributed by atoms with Crippen LogP contribution in [0.15, 0.2) is 16.7 Å². The van der Waals surface area contributed by atoms with E-state index >= 15 is 0 Å². The number of nitrogens with one attached hydrogen (secondary N) is 1. The van der Waals surface area contributed by atoms with E-state index in [1.54, 1.807) is 0 Å². The summed E-state index contributed by atoms with van der Waals surface area (Å²) in [6.07, 6.45) is 6.29. The number of aliphatic hydroxyl groups is 1. The van der Waals surface area contributed by atoms with E-state index in [0.717, 1.165) is 42.7 Å². The Hall–Kier alpha value is -1.46. The summed E-state index contributed by atoms with van der Waals surface area (Å²) in [4.78, 5) is 9.34. The van der Waals surface area contributed by atoms with Gasteiger partial charge >= 0.3 is 0 Å². The Balaban J connectivity index is 1.83. The smallest absolute Gasteiger partial charge is 0.245 e. The SMILES string of the molecule is CC(C)C[C@@H]1CCC[C@@H](c2cnc3oc(C(C)(C)C)cc3n2)N[C@H]1CO. The number of fused-ring (bicyclic) bond motifs is 1. The van der Waals surface area contributed by atoms with Crippen LogP contribution < -0.4 is 5.32 Å². The van der Waals surface area contributed by atoms with Crippen LogP contribution in [0, 0.1) is 11.8 Å². The first-order valence-corrected chi connectivity index (χ1v) is 9.91. The molecular formula is C21H33N3O2. The van der Waals surface area contributed by atoms with Crippen molar-refractivity contribution in [1.29, 1.82) is 0 Å². The molecule has 0 bridgehead atoms. The van der Waals surface area contributed by atoms with Crippen molar-refractivity contribution < 1.29 is 9.52 Å².